The van der Waals surface area contributed by atoms with Crippen LogP contribution in [-0.4, -0.2) is 29.8 Å². The van der Waals surface area contributed by atoms with Crippen molar-refractivity contribution in [1.82, 2.24) is 4.90 Å². The van der Waals surface area contributed by atoms with Crippen LogP contribution < -0.4 is 0 Å². The summed E-state index contributed by atoms with van der Waals surface area (Å²) in [6.07, 6.45) is 4.92. The van der Waals surface area contributed by atoms with Crippen LogP contribution in [-0.2, 0) is 0 Å². The van der Waals surface area contributed by atoms with Crippen molar-refractivity contribution >= 4 is 5.78 Å². The summed E-state index contributed by atoms with van der Waals surface area (Å²) in [4.78, 5) is 14.7. The molecule has 2 nitrogen and oxygen atoms in total. The van der Waals surface area contributed by atoms with Gasteiger partial charge in [0.25, 0.3) is 0 Å². The zero-order valence-electron chi connectivity index (χ0n) is 12.4. The highest BCUT2D eigenvalue weighted by Crippen LogP contribution is 2.27. The molecule has 1 aromatic carbocycles. The summed E-state index contributed by atoms with van der Waals surface area (Å²) in [5, 5.41) is 0. The molecular weight excluding hydrogens is 234 g/mol. The molecule has 1 aliphatic carbocycles. The van der Waals surface area contributed by atoms with Gasteiger partial charge in [-0.1, -0.05) is 25.5 Å². The molecule has 0 aromatic heterocycles. The molecule has 0 amide bonds. The first-order valence-corrected chi connectivity index (χ1v) is 7.46. The summed E-state index contributed by atoms with van der Waals surface area (Å²) in [7, 11) is 0. The monoisotopic (exact) mass is 259 g/mol. The molecule has 1 saturated carbocycles. The molecule has 0 bridgehead atoms. The van der Waals surface area contributed by atoms with Crippen LogP contribution in [0.15, 0.2) is 18.2 Å². The van der Waals surface area contributed by atoms with Crippen LogP contribution in [0.3, 0.4) is 0 Å². The van der Waals surface area contributed by atoms with Crippen molar-refractivity contribution in [2.24, 2.45) is 0 Å². The zero-order valence-corrected chi connectivity index (χ0v) is 12.4. The van der Waals surface area contributed by atoms with Crippen molar-refractivity contribution in [3.8, 4) is 0 Å². The maximum absolute atomic E-state index is 12.4. The Morgan fingerprint density at radius 2 is 2.00 bits per heavy atom. The summed E-state index contributed by atoms with van der Waals surface area (Å²) >= 11 is 0. The smallest absolute Gasteiger partial charge is 0.176 e. The van der Waals surface area contributed by atoms with E-state index in [-0.39, 0.29) is 5.78 Å². The van der Waals surface area contributed by atoms with E-state index in [0.29, 0.717) is 12.6 Å². The highest BCUT2D eigenvalue weighted by atomic mass is 16.1. The van der Waals surface area contributed by atoms with Gasteiger partial charge in [0, 0.05) is 11.6 Å². The minimum absolute atomic E-state index is 0.270. The van der Waals surface area contributed by atoms with E-state index in [0.717, 1.165) is 12.1 Å². The van der Waals surface area contributed by atoms with Gasteiger partial charge in [-0.05, 0) is 56.8 Å². The van der Waals surface area contributed by atoms with Gasteiger partial charge in [0.2, 0.25) is 0 Å². The molecule has 1 aliphatic rings. The second-order valence-electron chi connectivity index (χ2n) is 5.78. The molecular formula is C17H25NO. The number of hydrogen-bond donors (Lipinski definition) is 0. The Kier molecular flexibility index (Phi) is 4.76. The van der Waals surface area contributed by atoms with Gasteiger partial charge in [0.1, 0.15) is 0 Å². The number of Topliss-reactive ketones (excluding diaryl/α,β-unsaturated/α-hetero) is 1. The lowest BCUT2D eigenvalue weighted by atomic mass is 10.0. The summed E-state index contributed by atoms with van der Waals surface area (Å²) in [5.74, 6) is 0.270. The molecule has 104 valence electrons. The van der Waals surface area contributed by atoms with Crippen LogP contribution in [0.25, 0.3) is 0 Å². The first-order chi connectivity index (χ1) is 9.11. The molecule has 0 radical (unpaired) electrons. The van der Waals surface area contributed by atoms with E-state index in [2.05, 4.69) is 31.7 Å². The number of ketones is 1. The molecule has 19 heavy (non-hydrogen) atoms. The quantitative estimate of drug-likeness (QED) is 0.695. The Bertz CT molecular complexity index is 449. The number of benzene rings is 1. The zero-order chi connectivity index (χ0) is 13.8. The van der Waals surface area contributed by atoms with Gasteiger partial charge in [-0.25, -0.2) is 0 Å². The second-order valence-corrected chi connectivity index (χ2v) is 5.78. The van der Waals surface area contributed by atoms with Crippen molar-refractivity contribution in [3.63, 3.8) is 0 Å². The molecule has 0 saturated heterocycles. The van der Waals surface area contributed by atoms with Crippen LogP contribution in [0, 0.1) is 13.8 Å². The lowest BCUT2D eigenvalue weighted by Crippen LogP contribution is -2.32. The maximum atomic E-state index is 12.4. The first-order valence-electron chi connectivity index (χ1n) is 7.46. The van der Waals surface area contributed by atoms with Gasteiger partial charge in [0.05, 0.1) is 6.54 Å². The van der Waals surface area contributed by atoms with Crippen molar-refractivity contribution in [1.29, 1.82) is 0 Å². The average molecular weight is 259 g/mol. The summed E-state index contributed by atoms with van der Waals surface area (Å²) in [6, 6.07) is 6.72. The highest BCUT2D eigenvalue weighted by Gasteiger charge is 2.29. The third-order valence-electron chi connectivity index (χ3n) is 4.04. The van der Waals surface area contributed by atoms with Crippen LogP contribution in [0.1, 0.15) is 54.1 Å². The van der Waals surface area contributed by atoms with Crippen LogP contribution in [0.2, 0.25) is 0 Å². The van der Waals surface area contributed by atoms with Crippen molar-refractivity contribution in [2.75, 3.05) is 13.1 Å². The number of nitrogens with zero attached hydrogens (tertiary/aromatic N) is 1. The number of carbonyl (C=O) groups is 1. The fourth-order valence-electron chi connectivity index (χ4n) is 2.38. The van der Waals surface area contributed by atoms with E-state index < -0.39 is 0 Å². The standard InChI is InChI=1S/C17H25NO/c1-4-5-10-18(16-8-9-16)12-17(19)15-7-6-13(2)14(3)11-15/h6-7,11,16H,4-5,8-10,12H2,1-3H3. The molecule has 2 rings (SSSR count). The molecule has 0 atom stereocenters. The van der Waals surface area contributed by atoms with Crippen molar-refractivity contribution in [3.05, 3.63) is 34.9 Å². The van der Waals surface area contributed by atoms with Crippen molar-refractivity contribution in [2.45, 2.75) is 52.5 Å². The largest absolute Gasteiger partial charge is 0.293 e. The SMILES string of the molecule is CCCCN(CC(=O)c1ccc(C)c(C)c1)C1CC1. The number of rotatable bonds is 7. The Hall–Kier alpha value is -1.15. The summed E-state index contributed by atoms with van der Waals surface area (Å²) in [5.41, 5.74) is 3.32. The van der Waals surface area contributed by atoms with Crippen LogP contribution >= 0.6 is 0 Å². The topological polar surface area (TPSA) is 20.3 Å². The highest BCUT2D eigenvalue weighted by molar-refractivity contribution is 5.97. The molecule has 2 heteroatoms. The van der Waals surface area contributed by atoms with E-state index in [1.807, 2.05) is 12.1 Å². The molecule has 0 unspecified atom stereocenters. The van der Waals surface area contributed by atoms with Gasteiger partial charge in [-0.15, -0.1) is 0 Å². The van der Waals surface area contributed by atoms with E-state index in [1.54, 1.807) is 0 Å². The van der Waals surface area contributed by atoms with Crippen LogP contribution in [0.5, 0.6) is 0 Å². The predicted molar refractivity (Wildman–Crippen MR) is 79.7 cm³/mol. The Morgan fingerprint density at radius 3 is 2.58 bits per heavy atom. The molecule has 1 fully saturated rings. The fourth-order valence-corrected chi connectivity index (χ4v) is 2.38. The Morgan fingerprint density at radius 1 is 1.26 bits per heavy atom. The van der Waals surface area contributed by atoms with Gasteiger partial charge < -0.3 is 0 Å². The summed E-state index contributed by atoms with van der Waals surface area (Å²) < 4.78 is 0. The normalized spacial score (nSPS) is 14.9. The minimum atomic E-state index is 0.270. The molecule has 0 N–H and O–H groups in total. The predicted octanol–water partition coefficient (Wildman–Crippen LogP) is 3.75. The molecule has 1 aromatic rings. The number of aryl methyl sites for hydroxylation is 2. The van der Waals surface area contributed by atoms with Crippen molar-refractivity contribution < 1.29 is 4.79 Å². The van der Waals surface area contributed by atoms with Gasteiger partial charge in [0.15, 0.2) is 5.78 Å². The second kappa shape index (κ2) is 6.33. The maximum Gasteiger partial charge on any atom is 0.176 e. The molecule has 0 aliphatic heterocycles. The first kappa shape index (κ1) is 14.3. The van der Waals surface area contributed by atoms with E-state index >= 15 is 0 Å². The molecule has 0 spiro atoms. The number of unbranched alkanes of at least 4 members (excludes halogenated alkanes) is 1. The van der Waals surface area contributed by atoms with Gasteiger partial charge in [-0.2, -0.15) is 0 Å². The third kappa shape index (κ3) is 3.90. The number of carbonyl (C=O) groups excluding carboxylic acids is 1. The lowest BCUT2D eigenvalue weighted by molar-refractivity contribution is 0.0923. The molecule has 0 heterocycles. The summed E-state index contributed by atoms with van der Waals surface area (Å²) in [6.45, 7) is 8.02. The van der Waals surface area contributed by atoms with Crippen LogP contribution in [0.4, 0.5) is 0 Å². The Labute approximate surface area is 116 Å². The van der Waals surface area contributed by atoms with Gasteiger partial charge >= 0.3 is 0 Å². The third-order valence-corrected chi connectivity index (χ3v) is 4.04. The van der Waals surface area contributed by atoms with E-state index in [4.69, 9.17) is 0 Å². The minimum Gasteiger partial charge on any atom is -0.293 e. The lowest BCUT2D eigenvalue weighted by Gasteiger charge is -2.21. The van der Waals surface area contributed by atoms with E-state index in [1.165, 1.54) is 36.8 Å². The number of hydrogen-bond acceptors (Lipinski definition) is 2. The van der Waals surface area contributed by atoms with Gasteiger partial charge in [-0.3, -0.25) is 9.69 Å². The Balaban J connectivity index is 1.99. The fraction of sp³-hybridized carbons (Fsp3) is 0.588. The average Bonchev–Trinajstić information content (AvgIpc) is 3.21. The van der Waals surface area contributed by atoms with E-state index in [9.17, 15) is 4.79 Å².